The molecule has 0 N–H and O–H groups in total. The first-order chi connectivity index (χ1) is 8.11. The quantitative estimate of drug-likeness (QED) is 0.726. The largest absolute Gasteiger partial charge is 0.482 e. The Kier molecular flexibility index (Phi) is 3.32. The molecule has 0 radical (unpaired) electrons. The van der Waals surface area contributed by atoms with Gasteiger partial charge in [-0.3, -0.25) is 4.79 Å². The molecule has 1 saturated heterocycles. The van der Waals surface area contributed by atoms with E-state index >= 15 is 0 Å². The third kappa shape index (κ3) is 2.41. The van der Waals surface area contributed by atoms with Crippen molar-refractivity contribution in [2.24, 2.45) is 0 Å². The molecule has 17 heavy (non-hydrogen) atoms. The number of hydrogen-bond donors (Lipinski definition) is 0. The topological polar surface area (TPSA) is 26.3 Å². The number of hydrogen-bond acceptors (Lipinski definition) is 2. The number of ether oxygens (including phenoxy) is 1. The van der Waals surface area contributed by atoms with Crippen LogP contribution in [0.4, 0.5) is 0 Å². The lowest BCUT2D eigenvalue weighted by Gasteiger charge is -2.11. The van der Waals surface area contributed by atoms with Crippen LogP contribution in [0.5, 0.6) is 0 Å². The molecule has 0 aliphatic carbocycles. The fourth-order valence-electron chi connectivity index (χ4n) is 2.06. The molecule has 1 atom stereocenters. The number of rotatable bonds is 2. The van der Waals surface area contributed by atoms with Gasteiger partial charge in [0.05, 0.1) is 6.42 Å². The molecule has 1 aliphatic heterocycles. The molecular weight excluding hydrogens is 212 g/mol. The van der Waals surface area contributed by atoms with E-state index in [1.165, 1.54) is 5.56 Å². The van der Waals surface area contributed by atoms with Crippen LogP contribution in [-0.4, -0.2) is 5.78 Å². The standard InChI is InChI=1S/C15H18O2/c1-4-11-5-7-12(8-6-11)14-9-13(16)15(17-14)10(2)3/h5-8,14H,4,9H2,1-3H3/t14-/m1/s1. The summed E-state index contributed by atoms with van der Waals surface area (Å²) in [6.07, 6.45) is 1.40. The summed E-state index contributed by atoms with van der Waals surface area (Å²) in [4.78, 5) is 11.7. The molecule has 0 spiro atoms. The fourth-order valence-corrected chi connectivity index (χ4v) is 2.06. The minimum atomic E-state index is -0.0988. The maximum absolute atomic E-state index is 11.7. The normalized spacial score (nSPS) is 19.4. The van der Waals surface area contributed by atoms with Crippen LogP contribution < -0.4 is 0 Å². The molecule has 0 aromatic heterocycles. The first kappa shape index (κ1) is 11.9. The van der Waals surface area contributed by atoms with Crippen LogP contribution in [0.1, 0.15) is 44.4 Å². The zero-order valence-corrected chi connectivity index (χ0v) is 10.6. The monoisotopic (exact) mass is 230 g/mol. The van der Waals surface area contributed by atoms with Gasteiger partial charge in [0, 0.05) is 0 Å². The lowest BCUT2D eigenvalue weighted by Crippen LogP contribution is -1.95. The maximum Gasteiger partial charge on any atom is 0.201 e. The summed E-state index contributed by atoms with van der Waals surface area (Å²) in [5.74, 6) is 0.670. The van der Waals surface area contributed by atoms with Gasteiger partial charge in [0.25, 0.3) is 0 Å². The van der Waals surface area contributed by atoms with Gasteiger partial charge < -0.3 is 4.74 Å². The Labute approximate surface area is 102 Å². The Hall–Kier alpha value is -1.57. The van der Waals surface area contributed by atoms with Crippen LogP contribution in [0.3, 0.4) is 0 Å². The summed E-state index contributed by atoms with van der Waals surface area (Å²) in [6.45, 7) is 5.96. The number of allylic oxidation sites excluding steroid dienone is 2. The van der Waals surface area contributed by atoms with Gasteiger partial charge in [0.15, 0.2) is 5.76 Å². The molecule has 1 heterocycles. The van der Waals surface area contributed by atoms with Crippen LogP contribution in [0.25, 0.3) is 0 Å². The highest BCUT2D eigenvalue weighted by molar-refractivity contribution is 5.96. The van der Waals surface area contributed by atoms with Crippen molar-refractivity contribution in [2.75, 3.05) is 0 Å². The van der Waals surface area contributed by atoms with E-state index in [1.54, 1.807) is 0 Å². The zero-order valence-electron chi connectivity index (χ0n) is 10.6. The summed E-state index contributed by atoms with van der Waals surface area (Å²) < 4.78 is 5.72. The number of carbonyl (C=O) groups is 1. The summed E-state index contributed by atoms with van der Waals surface area (Å²) in [6, 6.07) is 8.32. The second kappa shape index (κ2) is 4.74. The van der Waals surface area contributed by atoms with Gasteiger partial charge >= 0.3 is 0 Å². The number of benzene rings is 1. The second-order valence-corrected chi connectivity index (χ2v) is 4.66. The third-order valence-corrected chi connectivity index (χ3v) is 3.10. The highest BCUT2D eigenvalue weighted by atomic mass is 16.5. The highest BCUT2D eigenvalue weighted by Crippen LogP contribution is 2.33. The smallest absolute Gasteiger partial charge is 0.201 e. The van der Waals surface area contributed by atoms with Crippen LogP contribution in [0, 0.1) is 0 Å². The molecule has 0 saturated carbocycles. The van der Waals surface area contributed by atoms with E-state index < -0.39 is 0 Å². The van der Waals surface area contributed by atoms with Gasteiger partial charge in [-0.1, -0.05) is 31.2 Å². The SMILES string of the molecule is CCc1ccc([C@H]2CC(=O)C(=C(C)C)O2)cc1. The molecular formula is C15H18O2. The summed E-state index contributed by atoms with van der Waals surface area (Å²) in [5.41, 5.74) is 3.36. The van der Waals surface area contributed by atoms with Gasteiger partial charge in [-0.2, -0.15) is 0 Å². The lowest BCUT2D eigenvalue weighted by molar-refractivity contribution is -0.115. The molecule has 2 rings (SSSR count). The first-order valence-electron chi connectivity index (χ1n) is 6.08. The van der Waals surface area contributed by atoms with E-state index in [4.69, 9.17) is 4.74 Å². The zero-order chi connectivity index (χ0) is 12.4. The van der Waals surface area contributed by atoms with E-state index in [0.29, 0.717) is 12.2 Å². The molecule has 2 heteroatoms. The lowest BCUT2D eigenvalue weighted by atomic mass is 10.0. The van der Waals surface area contributed by atoms with Crippen molar-refractivity contribution in [1.82, 2.24) is 0 Å². The van der Waals surface area contributed by atoms with Crippen LogP contribution >= 0.6 is 0 Å². The molecule has 1 aromatic carbocycles. The molecule has 0 unspecified atom stereocenters. The van der Waals surface area contributed by atoms with Crippen molar-refractivity contribution in [3.63, 3.8) is 0 Å². The number of ketones is 1. The predicted molar refractivity (Wildman–Crippen MR) is 67.6 cm³/mol. The summed E-state index contributed by atoms with van der Waals surface area (Å²) >= 11 is 0. The second-order valence-electron chi connectivity index (χ2n) is 4.66. The van der Waals surface area contributed by atoms with Crippen LogP contribution in [0.15, 0.2) is 35.6 Å². The van der Waals surface area contributed by atoms with Crippen molar-refractivity contribution in [3.05, 3.63) is 46.7 Å². The average Bonchev–Trinajstić information content (AvgIpc) is 2.71. The Morgan fingerprint density at radius 3 is 2.41 bits per heavy atom. The molecule has 0 bridgehead atoms. The van der Waals surface area contributed by atoms with Gasteiger partial charge in [0.2, 0.25) is 5.78 Å². The van der Waals surface area contributed by atoms with Crippen molar-refractivity contribution < 1.29 is 9.53 Å². The van der Waals surface area contributed by atoms with Crippen LogP contribution in [-0.2, 0) is 16.0 Å². The number of carbonyl (C=O) groups excluding carboxylic acids is 1. The molecule has 1 aromatic rings. The molecule has 2 nitrogen and oxygen atoms in total. The van der Waals surface area contributed by atoms with E-state index in [9.17, 15) is 4.79 Å². The van der Waals surface area contributed by atoms with E-state index in [1.807, 2.05) is 13.8 Å². The van der Waals surface area contributed by atoms with E-state index in [0.717, 1.165) is 17.6 Å². The average molecular weight is 230 g/mol. The Bertz CT molecular complexity index is 450. The van der Waals surface area contributed by atoms with Crippen molar-refractivity contribution in [2.45, 2.75) is 39.7 Å². The highest BCUT2D eigenvalue weighted by Gasteiger charge is 2.30. The number of aryl methyl sites for hydroxylation is 1. The first-order valence-corrected chi connectivity index (χ1v) is 6.08. The fraction of sp³-hybridized carbons (Fsp3) is 0.400. The van der Waals surface area contributed by atoms with E-state index in [2.05, 4.69) is 31.2 Å². The van der Waals surface area contributed by atoms with Crippen molar-refractivity contribution >= 4 is 5.78 Å². The van der Waals surface area contributed by atoms with Gasteiger partial charge in [-0.05, 0) is 37.0 Å². The minimum Gasteiger partial charge on any atom is -0.482 e. The van der Waals surface area contributed by atoms with E-state index in [-0.39, 0.29) is 11.9 Å². The van der Waals surface area contributed by atoms with Gasteiger partial charge in [-0.25, -0.2) is 0 Å². The summed E-state index contributed by atoms with van der Waals surface area (Å²) in [5, 5.41) is 0. The Balaban J connectivity index is 2.20. The Morgan fingerprint density at radius 1 is 1.29 bits per heavy atom. The molecule has 1 aliphatic rings. The van der Waals surface area contributed by atoms with Crippen molar-refractivity contribution in [1.29, 1.82) is 0 Å². The van der Waals surface area contributed by atoms with Gasteiger partial charge in [0.1, 0.15) is 6.10 Å². The van der Waals surface area contributed by atoms with Gasteiger partial charge in [-0.15, -0.1) is 0 Å². The third-order valence-electron chi connectivity index (χ3n) is 3.10. The Morgan fingerprint density at radius 2 is 1.94 bits per heavy atom. The molecule has 0 amide bonds. The summed E-state index contributed by atoms with van der Waals surface area (Å²) in [7, 11) is 0. The minimum absolute atomic E-state index is 0.0988. The molecule has 90 valence electrons. The maximum atomic E-state index is 11.7. The molecule has 1 fully saturated rings. The van der Waals surface area contributed by atoms with Crippen LogP contribution in [0.2, 0.25) is 0 Å². The number of Topliss-reactive ketones (excluding diaryl/α,β-unsaturated/α-hetero) is 1. The predicted octanol–water partition coefficient (Wildman–Crippen LogP) is 3.57. The van der Waals surface area contributed by atoms with Crippen molar-refractivity contribution in [3.8, 4) is 0 Å².